The molecule has 0 amide bonds. The second-order valence-electron chi connectivity index (χ2n) is 5.73. The highest BCUT2D eigenvalue weighted by molar-refractivity contribution is 9.09. The van der Waals surface area contributed by atoms with Crippen LogP contribution in [0.25, 0.3) is 0 Å². The maximum Gasteiger partial charge on any atom is 0.293 e. The lowest BCUT2D eigenvalue weighted by Gasteiger charge is -2.34. The molecule has 1 aliphatic rings. The average Bonchev–Trinajstić information content (AvgIpc) is 2.46. The van der Waals surface area contributed by atoms with Crippen molar-refractivity contribution in [3.63, 3.8) is 0 Å². The zero-order valence-electron chi connectivity index (χ0n) is 12.4. The van der Waals surface area contributed by atoms with Crippen LogP contribution in [0.4, 0.5) is 5.82 Å². The summed E-state index contributed by atoms with van der Waals surface area (Å²) in [6.45, 7) is 4.90. The summed E-state index contributed by atoms with van der Waals surface area (Å²) in [5.41, 5.74) is 0.0361. The van der Waals surface area contributed by atoms with Crippen LogP contribution in [0.2, 0.25) is 0 Å². The summed E-state index contributed by atoms with van der Waals surface area (Å²) in [6.07, 6.45) is 9.71. The van der Waals surface area contributed by atoms with Gasteiger partial charge in [-0.25, -0.2) is 4.98 Å². The normalized spacial score (nSPS) is 16.6. The van der Waals surface area contributed by atoms with Crippen molar-refractivity contribution in [1.29, 1.82) is 0 Å². The molecule has 0 bridgehead atoms. The molecule has 1 aliphatic carbocycles. The van der Waals surface area contributed by atoms with Crippen molar-refractivity contribution < 1.29 is 0 Å². The Bertz CT molecular complexity index is 480. The smallest absolute Gasteiger partial charge is 0.293 e. The molecular weight excluding hydrogens is 318 g/mol. The third-order valence-corrected chi connectivity index (χ3v) is 4.37. The van der Waals surface area contributed by atoms with E-state index in [1.807, 2.05) is 13.8 Å². The summed E-state index contributed by atoms with van der Waals surface area (Å²) in [4.78, 5) is 19.2. The highest BCUT2D eigenvalue weighted by Crippen LogP contribution is 2.25. The largest absolute Gasteiger partial charge is 0.348 e. The number of hydrogen-bond donors (Lipinski definition) is 0. The van der Waals surface area contributed by atoms with Crippen LogP contribution in [0.3, 0.4) is 0 Å². The van der Waals surface area contributed by atoms with E-state index in [1.165, 1.54) is 32.1 Å². The van der Waals surface area contributed by atoms with Gasteiger partial charge in [0.05, 0.1) is 0 Å². The van der Waals surface area contributed by atoms with Crippen molar-refractivity contribution in [3.05, 3.63) is 22.7 Å². The average molecular weight is 342 g/mol. The van der Waals surface area contributed by atoms with Gasteiger partial charge in [-0.15, -0.1) is 0 Å². The molecule has 4 nitrogen and oxygen atoms in total. The van der Waals surface area contributed by atoms with Gasteiger partial charge in [-0.1, -0.05) is 35.2 Å². The Balaban J connectivity index is 2.33. The molecule has 0 aromatic carbocycles. The van der Waals surface area contributed by atoms with Gasteiger partial charge >= 0.3 is 0 Å². The summed E-state index contributed by atoms with van der Waals surface area (Å²) in [7, 11) is 0. The molecule has 0 saturated heterocycles. The molecule has 1 heterocycles. The highest BCUT2D eigenvalue weighted by atomic mass is 79.9. The summed E-state index contributed by atoms with van der Waals surface area (Å²) in [6, 6.07) is 0.630. The molecule has 0 unspecified atom stereocenters. The zero-order chi connectivity index (χ0) is 14.5. The number of hydrogen-bond acceptors (Lipinski definition) is 3. The number of nitrogens with zero attached hydrogens (tertiary/aromatic N) is 3. The molecule has 0 aliphatic heterocycles. The summed E-state index contributed by atoms with van der Waals surface area (Å²) in [5.74, 6) is 0.618. The molecule has 1 saturated carbocycles. The van der Waals surface area contributed by atoms with Gasteiger partial charge in [0.1, 0.15) is 0 Å². The first-order chi connectivity index (χ1) is 9.65. The number of alkyl halides is 1. The van der Waals surface area contributed by atoms with E-state index in [0.29, 0.717) is 11.9 Å². The Hall–Kier alpha value is -0.840. The topological polar surface area (TPSA) is 38.1 Å². The van der Waals surface area contributed by atoms with E-state index in [4.69, 9.17) is 0 Å². The maximum atomic E-state index is 12.6. The number of anilines is 1. The summed E-state index contributed by atoms with van der Waals surface area (Å²) >= 11 is 3.51. The minimum absolute atomic E-state index is 0.0361. The van der Waals surface area contributed by atoms with Crippen LogP contribution in [-0.2, 0) is 0 Å². The van der Waals surface area contributed by atoms with Crippen molar-refractivity contribution in [3.8, 4) is 0 Å². The number of aromatic nitrogens is 2. The van der Waals surface area contributed by atoms with Gasteiger partial charge in [0, 0.05) is 36.4 Å². The van der Waals surface area contributed by atoms with Crippen molar-refractivity contribution in [2.75, 3.05) is 16.8 Å². The second kappa shape index (κ2) is 7.25. The summed E-state index contributed by atoms with van der Waals surface area (Å²) in [5, 5.41) is 0.862. The van der Waals surface area contributed by atoms with Gasteiger partial charge in [0.25, 0.3) is 5.56 Å². The van der Waals surface area contributed by atoms with Gasteiger partial charge in [-0.3, -0.25) is 4.79 Å². The molecule has 0 radical (unpaired) electrons. The molecular formula is C15H24BrN3O. The molecule has 5 heteroatoms. The van der Waals surface area contributed by atoms with Crippen molar-refractivity contribution >= 4 is 21.7 Å². The fourth-order valence-electron chi connectivity index (χ4n) is 2.96. The first kappa shape index (κ1) is 15.5. The zero-order valence-corrected chi connectivity index (χ0v) is 14.0. The van der Waals surface area contributed by atoms with E-state index in [0.717, 1.165) is 11.9 Å². The van der Waals surface area contributed by atoms with Crippen LogP contribution < -0.4 is 10.5 Å². The van der Waals surface area contributed by atoms with Crippen molar-refractivity contribution in [2.45, 2.75) is 58.0 Å². The van der Waals surface area contributed by atoms with Gasteiger partial charge < -0.3 is 9.47 Å². The lowest BCUT2D eigenvalue weighted by molar-refractivity contribution is 0.415. The van der Waals surface area contributed by atoms with Crippen molar-refractivity contribution in [2.24, 2.45) is 0 Å². The van der Waals surface area contributed by atoms with E-state index >= 15 is 0 Å². The Morgan fingerprint density at radius 3 is 2.70 bits per heavy atom. The highest BCUT2D eigenvalue weighted by Gasteiger charge is 2.24. The van der Waals surface area contributed by atoms with Gasteiger partial charge in [0.2, 0.25) is 0 Å². The van der Waals surface area contributed by atoms with E-state index in [1.54, 1.807) is 17.0 Å². The lowest BCUT2D eigenvalue weighted by Crippen LogP contribution is -2.43. The van der Waals surface area contributed by atoms with Crippen LogP contribution in [0.5, 0.6) is 0 Å². The predicted octanol–water partition coefficient (Wildman–Crippen LogP) is 3.36. The Kier molecular flexibility index (Phi) is 5.64. The third-order valence-electron chi connectivity index (χ3n) is 4.02. The number of halogens is 1. The van der Waals surface area contributed by atoms with Gasteiger partial charge in [-0.05, 0) is 26.7 Å². The first-order valence-electron chi connectivity index (χ1n) is 7.55. The van der Waals surface area contributed by atoms with Crippen LogP contribution in [0.15, 0.2) is 17.2 Å². The molecule has 0 N–H and O–H groups in total. The minimum Gasteiger partial charge on any atom is -0.348 e. The number of rotatable bonds is 5. The lowest BCUT2D eigenvalue weighted by atomic mass is 9.94. The maximum absolute atomic E-state index is 12.6. The van der Waals surface area contributed by atoms with E-state index in [2.05, 4.69) is 25.8 Å². The molecule has 0 spiro atoms. The quantitative estimate of drug-likeness (QED) is 0.770. The first-order valence-corrected chi connectivity index (χ1v) is 8.67. The van der Waals surface area contributed by atoms with Gasteiger partial charge in [-0.2, -0.15) is 0 Å². The Morgan fingerprint density at radius 1 is 1.40 bits per heavy atom. The summed E-state index contributed by atoms with van der Waals surface area (Å²) < 4.78 is 1.77. The van der Waals surface area contributed by atoms with Gasteiger partial charge in [0.15, 0.2) is 5.82 Å². The monoisotopic (exact) mass is 341 g/mol. The molecule has 112 valence electrons. The van der Waals surface area contributed by atoms with Crippen LogP contribution in [0, 0.1) is 0 Å². The SMILES string of the molecule is CC(C)n1ccnc(N(CCBr)C2CCCCC2)c1=O. The third kappa shape index (κ3) is 3.43. The van der Waals surface area contributed by atoms with Crippen LogP contribution in [-0.4, -0.2) is 27.5 Å². The second-order valence-corrected chi connectivity index (χ2v) is 6.52. The Morgan fingerprint density at radius 2 is 2.10 bits per heavy atom. The molecule has 1 aromatic heterocycles. The van der Waals surface area contributed by atoms with E-state index in [9.17, 15) is 4.79 Å². The fourth-order valence-corrected chi connectivity index (χ4v) is 3.35. The molecule has 20 heavy (non-hydrogen) atoms. The van der Waals surface area contributed by atoms with Crippen LogP contribution >= 0.6 is 15.9 Å². The molecule has 0 atom stereocenters. The predicted molar refractivity (Wildman–Crippen MR) is 86.9 cm³/mol. The minimum atomic E-state index is 0.0361. The Labute approximate surface area is 129 Å². The van der Waals surface area contributed by atoms with Crippen molar-refractivity contribution in [1.82, 2.24) is 9.55 Å². The van der Waals surface area contributed by atoms with E-state index < -0.39 is 0 Å². The molecule has 2 rings (SSSR count). The standard InChI is InChI=1S/C15H24BrN3O/c1-12(2)18-11-9-17-14(15(18)20)19(10-8-16)13-6-4-3-5-7-13/h9,11-13H,3-8,10H2,1-2H3. The van der Waals surface area contributed by atoms with E-state index in [-0.39, 0.29) is 11.6 Å². The van der Waals surface area contributed by atoms with Crippen LogP contribution in [0.1, 0.15) is 52.0 Å². The molecule has 1 fully saturated rings. The molecule has 1 aromatic rings. The fraction of sp³-hybridized carbons (Fsp3) is 0.733.